The summed E-state index contributed by atoms with van der Waals surface area (Å²) in [5.41, 5.74) is 5.01. The fourth-order valence-corrected chi connectivity index (χ4v) is 2.33. The average molecular weight is 379 g/mol. The lowest BCUT2D eigenvalue weighted by Crippen LogP contribution is -2.30. The van der Waals surface area contributed by atoms with Crippen LogP contribution in [0.4, 0.5) is 13.2 Å². The van der Waals surface area contributed by atoms with E-state index in [-0.39, 0.29) is 11.3 Å². The predicted octanol–water partition coefficient (Wildman–Crippen LogP) is 1.63. The van der Waals surface area contributed by atoms with E-state index in [0.717, 1.165) is 16.8 Å². The van der Waals surface area contributed by atoms with Gasteiger partial charge in [-0.2, -0.15) is 14.9 Å². The van der Waals surface area contributed by atoms with Crippen LogP contribution < -0.4 is 16.0 Å². The monoisotopic (exact) mass is 379 g/mol. The number of aromatic nitrogens is 4. The van der Waals surface area contributed by atoms with Gasteiger partial charge in [-0.05, 0) is 30.3 Å². The molecule has 2 heterocycles. The Morgan fingerprint density at radius 3 is 2.41 bits per heavy atom. The van der Waals surface area contributed by atoms with Crippen LogP contribution in [0.5, 0.6) is 5.75 Å². The van der Waals surface area contributed by atoms with E-state index in [4.69, 9.17) is 5.73 Å². The number of nitrogens with two attached hydrogens (primary N) is 1. The van der Waals surface area contributed by atoms with E-state index in [1.165, 1.54) is 35.3 Å². The summed E-state index contributed by atoms with van der Waals surface area (Å²) >= 11 is 0. The first-order valence-corrected chi connectivity index (χ1v) is 7.43. The van der Waals surface area contributed by atoms with Crippen LogP contribution in [0.3, 0.4) is 0 Å². The van der Waals surface area contributed by atoms with Crippen molar-refractivity contribution >= 4 is 5.91 Å². The standard InChI is InChI=1S/C16H12F3N5O3/c1-23-8-10(7-21-23)24-15(26)12(14(20)25)6-13(22-24)9-2-4-11(5-3-9)27-16(17,18)19/h2-8H,1H3,(H2,20,25). The molecule has 0 aliphatic carbocycles. The van der Waals surface area contributed by atoms with Crippen molar-refractivity contribution in [2.75, 3.05) is 0 Å². The van der Waals surface area contributed by atoms with E-state index in [1.54, 1.807) is 7.05 Å². The number of aryl methyl sites for hydroxylation is 1. The summed E-state index contributed by atoms with van der Waals surface area (Å²) < 4.78 is 43.0. The van der Waals surface area contributed by atoms with Gasteiger partial charge in [0.05, 0.1) is 18.1 Å². The number of halogens is 3. The van der Waals surface area contributed by atoms with E-state index in [9.17, 15) is 22.8 Å². The molecule has 1 amide bonds. The molecule has 0 saturated carbocycles. The van der Waals surface area contributed by atoms with E-state index in [0.29, 0.717) is 11.3 Å². The van der Waals surface area contributed by atoms with Crippen LogP contribution in [0, 0.1) is 0 Å². The van der Waals surface area contributed by atoms with Crippen LogP contribution in [-0.4, -0.2) is 31.8 Å². The van der Waals surface area contributed by atoms with E-state index in [2.05, 4.69) is 14.9 Å². The molecule has 0 saturated heterocycles. The third-order valence-electron chi connectivity index (χ3n) is 3.50. The molecule has 0 unspecified atom stereocenters. The zero-order chi connectivity index (χ0) is 19.8. The number of carbonyl (C=O) groups is 1. The second-order valence-corrected chi connectivity index (χ2v) is 5.47. The summed E-state index contributed by atoms with van der Waals surface area (Å²) in [5, 5.41) is 8.09. The average Bonchev–Trinajstić information content (AvgIpc) is 3.00. The highest BCUT2D eigenvalue weighted by Crippen LogP contribution is 2.25. The first-order valence-electron chi connectivity index (χ1n) is 7.43. The zero-order valence-electron chi connectivity index (χ0n) is 13.8. The number of nitrogens with zero attached hydrogens (tertiary/aromatic N) is 4. The molecule has 2 aromatic heterocycles. The molecule has 0 aliphatic rings. The lowest BCUT2D eigenvalue weighted by Gasteiger charge is -2.10. The molecule has 1 aromatic carbocycles. The highest BCUT2D eigenvalue weighted by atomic mass is 19.4. The highest BCUT2D eigenvalue weighted by molar-refractivity contribution is 5.93. The van der Waals surface area contributed by atoms with Gasteiger partial charge in [0, 0.05) is 12.6 Å². The van der Waals surface area contributed by atoms with Crippen LogP contribution in [-0.2, 0) is 7.05 Å². The minimum atomic E-state index is -4.81. The maximum Gasteiger partial charge on any atom is 0.573 e. The van der Waals surface area contributed by atoms with Gasteiger partial charge in [0.15, 0.2) is 0 Å². The molecule has 11 heteroatoms. The van der Waals surface area contributed by atoms with Gasteiger partial charge in [-0.25, -0.2) is 0 Å². The topological polar surface area (TPSA) is 105 Å². The summed E-state index contributed by atoms with van der Waals surface area (Å²) in [6, 6.07) is 5.98. The SMILES string of the molecule is Cn1cc(-n2nc(-c3ccc(OC(F)(F)F)cc3)cc(C(N)=O)c2=O)cn1. The summed E-state index contributed by atoms with van der Waals surface area (Å²) in [6.07, 6.45) is -1.95. The second kappa shape index (κ2) is 6.59. The quantitative estimate of drug-likeness (QED) is 0.742. The van der Waals surface area contributed by atoms with Crippen molar-refractivity contribution in [3.8, 4) is 22.7 Å². The van der Waals surface area contributed by atoms with Gasteiger partial charge in [0.1, 0.15) is 17.0 Å². The molecule has 140 valence electrons. The Morgan fingerprint density at radius 2 is 1.89 bits per heavy atom. The maximum atomic E-state index is 12.4. The van der Waals surface area contributed by atoms with Gasteiger partial charge >= 0.3 is 6.36 Å². The van der Waals surface area contributed by atoms with Gasteiger partial charge in [0.25, 0.3) is 11.5 Å². The number of benzene rings is 1. The largest absolute Gasteiger partial charge is 0.573 e. The molecule has 3 aromatic rings. The smallest absolute Gasteiger partial charge is 0.406 e. The van der Waals surface area contributed by atoms with E-state index < -0.39 is 23.6 Å². The first kappa shape index (κ1) is 18.2. The molecule has 0 spiro atoms. The van der Waals surface area contributed by atoms with Crippen molar-refractivity contribution in [3.05, 3.63) is 58.6 Å². The molecular weight excluding hydrogens is 367 g/mol. The van der Waals surface area contributed by atoms with Crippen molar-refractivity contribution in [1.82, 2.24) is 19.6 Å². The van der Waals surface area contributed by atoms with Crippen LogP contribution >= 0.6 is 0 Å². The highest BCUT2D eigenvalue weighted by Gasteiger charge is 2.31. The predicted molar refractivity (Wildman–Crippen MR) is 87.2 cm³/mol. The fraction of sp³-hybridized carbons (Fsp3) is 0.125. The third-order valence-corrected chi connectivity index (χ3v) is 3.50. The first-order chi connectivity index (χ1) is 12.6. The molecular formula is C16H12F3N5O3. The number of primary amides is 1. The number of hydrogen-bond acceptors (Lipinski definition) is 5. The van der Waals surface area contributed by atoms with Crippen molar-refractivity contribution in [2.24, 2.45) is 12.8 Å². The molecule has 0 fully saturated rings. The molecule has 3 rings (SSSR count). The van der Waals surface area contributed by atoms with Crippen LogP contribution in [0.15, 0.2) is 47.5 Å². The van der Waals surface area contributed by atoms with Crippen LogP contribution in [0.25, 0.3) is 16.9 Å². The van der Waals surface area contributed by atoms with Crippen LogP contribution in [0.2, 0.25) is 0 Å². The molecule has 8 nitrogen and oxygen atoms in total. The van der Waals surface area contributed by atoms with Gasteiger partial charge in [-0.3, -0.25) is 14.3 Å². The third kappa shape index (κ3) is 3.97. The van der Waals surface area contributed by atoms with Gasteiger partial charge in [-0.15, -0.1) is 13.2 Å². The summed E-state index contributed by atoms with van der Waals surface area (Å²) in [4.78, 5) is 24.1. The summed E-state index contributed by atoms with van der Waals surface area (Å²) in [6.45, 7) is 0. The molecule has 0 aliphatic heterocycles. The molecule has 2 N–H and O–H groups in total. The van der Waals surface area contributed by atoms with E-state index >= 15 is 0 Å². The molecule has 0 atom stereocenters. The Balaban J connectivity index is 2.09. The number of alkyl halides is 3. The number of carbonyl (C=O) groups excluding carboxylic acids is 1. The van der Waals surface area contributed by atoms with Crippen LogP contribution in [0.1, 0.15) is 10.4 Å². The minimum absolute atomic E-state index is 0.158. The Morgan fingerprint density at radius 1 is 1.22 bits per heavy atom. The number of ether oxygens (including phenoxy) is 1. The Bertz CT molecular complexity index is 1050. The zero-order valence-corrected chi connectivity index (χ0v) is 13.8. The van der Waals surface area contributed by atoms with Gasteiger partial charge in [0.2, 0.25) is 0 Å². The minimum Gasteiger partial charge on any atom is -0.406 e. The number of hydrogen-bond donors (Lipinski definition) is 1. The Hall–Kier alpha value is -3.63. The summed E-state index contributed by atoms with van der Waals surface area (Å²) in [5.74, 6) is -1.37. The van der Waals surface area contributed by atoms with Crippen molar-refractivity contribution in [1.29, 1.82) is 0 Å². The van der Waals surface area contributed by atoms with Crippen molar-refractivity contribution in [2.45, 2.75) is 6.36 Å². The van der Waals surface area contributed by atoms with Crippen molar-refractivity contribution < 1.29 is 22.7 Å². The number of rotatable bonds is 4. The maximum absolute atomic E-state index is 12.4. The van der Waals surface area contributed by atoms with Gasteiger partial charge in [-0.1, -0.05) is 0 Å². The lowest BCUT2D eigenvalue weighted by molar-refractivity contribution is -0.274. The number of amides is 1. The lowest BCUT2D eigenvalue weighted by atomic mass is 10.1. The molecule has 0 radical (unpaired) electrons. The van der Waals surface area contributed by atoms with Gasteiger partial charge < -0.3 is 10.5 Å². The second-order valence-electron chi connectivity index (χ2n) is 5.47. The molecule has 0 bridgehead atoms. The Labute approximate surface area is 149 Å². The summed E-state index contributed by atoms with van der Waals surface area (Å²) in [7, 11) is 1.63. The van der Waals surface area contributed by atoms with E-state index in [1.807, 2.05) is 0 Å². The molecule has 27 heavy (non-hydrogen) atoms. The Kier molecular flexibility index (Phi) is 4.44. The van der Waals surface area contributed by atoms with Crippen molar-refractivity contribution in [3.63, 3.8) is 0 Å². The fourth-order valence-electron chi connectivity index (χ4n) is 2.33. The normalized spacial score (nSPS) is 11.4.